The van der Waals surface area contributed by atoms with Crippen LogP contribution in [0.25, 0.3) is 0 Å². The summed E-state index contributed by atoms with van der Waals surface area (Å²) in [7, 11) is 0. The van der Waals surface area contributed by atoms with Gasteiger partial charge in [-0.25, -0.2) is 4.98 Å². The summed E-state index contributed by atoms with van der Waals surface area (Å²) in [6.07, 6.45) is 9.94. The van der Waals surface area contributed by atoms with E-state index in [4.69, 9.17) is 18.0 Å². The minimum Gasteiger partial charge on any atom is -0.384 e. The average molecular weight is 302 g/mol. The number of thiocarbonyl (C=S) groups is 1. The molecule has 0 atom stereocenters. The van der Waals surface area contributed by atoms with Crippen molar-refractivity contribution in [1.29, 1.82) is 0 Å². The molecule has 0 radical (unpaired) electrons. The standard InChI is InChI=1S/C16H22N4S/c17-14-2-1-13(9-18-14)19-15(21)20-16-6-10-3-11(7-16)5-12(4-10)8-16/h1-2,9-12H,3-8H2,(H2,17,18)(H2,19,20,21). The molecule has 4 aliphatic rings. The first-order valence-electron chi connectivity index (χ1n) is 7.91. The van der Waals surface area contributed by atoms with Crippen LogP contribution in [0, 0.1) is 17.8 Å². The Balaban J connectivity index is 1.43. The van der Waals surface area contributed by atoms with Crippen LogP contribution in [0.1, 0.15) is 38.5 Å². The number of anilines is 2. The van der Waals surface area contributed by atoms with E-state index in [2.05, 4.69) is 15.6 Å². The van der Waals surface area contributed by atoms with Crippen LogP contribution in [-0.4, -0.2) is 15.6 Å². The normalized spacial score (nSPS) is 36.5. The van der Waals surface area contributed by atoms with Crippen LogP contribution in [0.5, 0.6) is 0 Å². The molecule has 0 aliphatic heterocycles. The highest BCUT2D eigenvalue weighted by atomic mass is 32.1. The Labute approximate surface area is 130 Å². The predicted molar refractivity (Wildman–Crippen MR) is 88.9 cm³/mol. The van der Waals surface area contributed by atoms with E-state index in [1.807, 2.05) is 6.07 Å². The average Bonchev–Trinajstić information content (AvgIpc) is 2.39. The number of pyridine rings is 1. The molecule has 1 aromatic rings. The smallest absolute Gasteiger partial charge is 0.171 e. The van der Waals surface area contributed by atoms with Gasteiger partial charge in [-0.1, -0.05) is 0 Å². The molecular formula is C16H22N4S. The van der Waals surface area contributed by atoms with Crippen LogP contribution in [0.4, 0.5) is 11.5 Å². The highest BCUT2D eigenvalue weighted by molar-refractivity contribution is 7.80. The molecule has 1 aromatic heterocycles. The lowest BCUT2D eigenvalue weighted by atomic mass is 9.53. The molecule has 112 valence electrons. The monoisotopic (exact) mass is 302 g/mol. The Morgan fingerprint density at radius 1 is 1.14 bits per heavy atom. The number of aromatic nitrogens is 1. The maximum absolute atomic E-state index is 5.61. The minimum atomic E-state index is 0.250. The van der Waals surface area contributed by atoms with Gasteiger partial charge >= 0.3 is 0 Å². The van der Waals surface area contributed by atoms with Gasteiger partial charge < -0.3 is 16.4 Å². The second kappa shape index (κ2) is 4.83. The molecule has 4 aliphatic carbocycles. The number of hydrogen-bond acceptors (Lipinski definition) is 3. The number of nitrogen functional groups attached to an aromatic ring is 1. The number of nitrogens with two attached hydrogens (primary N) is 1. The van der Waals surface area contributed by atoms with Crippen molar-refractivity contribution >= 4 is 28.8 Å². The first-order chi connectivity index (χ1) is 10.1. The lowest BCUT2D eigenvalue weighted by molar-refractivity contribution is -0.00972. The summed E-state index contributed by atoms with van der Waals surface area (Å²) in [6, 6.07) is 3.70. The van der Waals surface area contributed by atoms with Gasteiger partial charge in [-0.15, -0.1) is 0 Å². The molecule has 0 spiro atoms. The summed E-state index contributed by atoms with van der Waals surface area (Å²) in [5.41, 5.74) is 6.75. The first-order valence-corrected chi connectivity index (χ1v) is 8.32. The summed E-state index contributed by atoms with van der Waals surface area (Å²) in [6.45, 7) is 0. The van der Waals surface area contributed by atoms with Gasteiger partial charge in [0.05, 0.1) is 11.9 Å². The molecule has 0 amide bonds. The molecule has 4 nitrogen and oxygen atoms in total. The number of hydrogen-bond donors (Lipinski definition) is 3. The van der Waals surface area contributed by atoms with E-state index in [9.17, 15) is 0 Å². The molecule has 4 bridgehead atoms. The van der Waals surface area contributed by atoms with Gasteiger partial charge in [0.25, 0.3) is 0 Å². The molecule has 21 heavy (non-hydrogen) atoms. The van der Waals surface area contributed by atoms with E-state index in [-0.39, 0.29) is 5.54 Å². The topological polar surface area (TPSA) is 63.0 Å². The second-order valence-electron chi connectivity index (χ2n) is 7.25. The van der Waals surface area contributed by atoms with Gasteiger partial charge in [-0.3, -0.25) is 0 Å². The quantitative estimate of drug-likeness (QED) is 0.733. The number of rotatable bonds is 2. The molecule has 0 aromatic carbocycles. The molecule has 5 heteroatoms. The summed E-state index contributed by atoms with van der Waals surface area (Å²) in [5.74, 6) is 3.29. The SMILES string of the molecule is Nc1ccc(NC(=S)NC23CC4CC(CC(C4)C2)C3)cn1. The molecule has 5 rings (SSSR count). The van der Waals surface area contributed by atoms with Gasteiger partial charge in [-0.2, -0.15) is 0 Å². The maximum atomic E-state index is 5.61. The highest BCUT2D eigenvalue weighted by Crippen LogP contribution is 2.55. The van der Waals surface area contributed by atoms with Crippen molar-refractivity contribution in [3.8, 4) is 0 Å². The van der Waals surface area contributed by atoms with Crippen LogP contribution in [0.2, 0.25) is 0 Å². The Kier molecular flexibility index (Phi) is 3.06. The maximum Gasteiger partial charge on any atom is 0.171 e. The van der Waals surface area contributed by atoms with Crippen molar-refractivity contribution in [1.82, 2.24) is 10.3 Å². The van der Waals surface area contributed by atoms with Crippen LogP contribution in [-0.2, 0) is 0 Å². The Morgan fingerprint density at radius 3 is 2.29 bits per heavy atom. The fourth-order valence-electron chi connectivity index (χ4n) is 5.15. The lowest BCUT2D eigenvalue weighted by Crippen LogP contribution is -2.60. The lowest BCUT2D eigenvalue weighted by Gasteiger charge is -2.57. The van der Waals surface area contributed by atoms with E-state index in [0.717, 1.165) is 28.6 Å². The summed E-state index contributed by atoms with van der Waals surface area (Å²) < 4.78 is 0. The zero-order chi connectivity index (χ0) is 14.4. The van der Waals surface area contributed by atoms with Gasteiger partial charge in [0.1, 0.15) is 5.82 Å². The molecule has 4 fully saturated rings. The van der Waals surface area contributed by atoms with Crippen molar-refractivity contribution in [3.63, 3.8) is 0 Å². The first kappa shape index (κ1) is 13.3. The van der Waals surface area contributed by atoms with E-state index >= 15 is 0 Å². The number of nitrogens with zero attached hydrogens (tertiary/aromatic N) is 1. The molecule has 1 heterocycles. The highest BCUT2D eigenvalue weighted by Gasteiger charge is 2.51. The zero-order valence-corrected chi connectivity index (χ0v) is 13.0. The van der Waals surface area contributed by atoms with E-state index < -0.39 is 0 Å². The molecule has 0 unspecified atom stereocenters. The fraction of sp³-hybridized carbons (Fsp3) is 0.625. The molecule has 0 saturated heterocycles. The van der Waals surface area contributed by atoms with Crippen molar-refractivity contribution in [2.24, 2.45) is 17.8 Å². The molecule has 4 saturated carbocycles. The van der Waals surface area contributed by atoms with Gasteiger partial charge in [0.2, 0.25) is 0 Å². The minimum absolute atomic E-state index is 0.250. The Morgan fingerprint density at radius 2 is 1.76 bits per heavy atom. The largest absolute Gasteiger partial charge is 0.384 e. The van der Waals surface area contributed by atoms with E-state index in [0.29, 0.717) is 5.82 Å². The number of nitrogens with one attached hydrogen (secondary N) is 2. The van der Waals surface area contributed by atoms with Crippen molar-refractivity contribution in [2.45, 2.75) is 44.1 Å². The zero-order valence-electron chi connectivity index (χ0n) is 12.1. The summed E-state index contributed by atoms with van der Waals surface area (Å²) in [4.78, 5) is 4.09. The summed E-state index contributed by atoms with van der Waals surface area (Å²) >= 11 is 5.52. The molecule has 4 N–H and O–H groups in total. The predicted octanol–water partition coefficient (Wildman–Crippen LogP) is 2.92. The Bertz CT molecular complexity index is 519. The third-order valence-corrected chi connectivity index (χ3v) is 5.67. The third-order valence-electron chi connectivity index (χ3n) is 5.46. The van der Waals surface area contributed by atoms with E-state index in [1.165, 1.54) is 38.5 Å². The van der Waals surface area contributed by atoms with Crippen LogP contribution >= 0.6 is 12.2 Å². The third kappa shape index (κ3) is 2.59. The van der Waals surface area contributed by atoms with E-state index in [1.54, 1.807) is 12.3 Å². The van der Waals surface area contributed by atoms with Crippen LogP contribution in [0.15, 0.2) is 18.3 Å². The van der Waals surface area contributed by atoms with Gasteiger partial charge in [0.15, 0.2) is 5.11 Å². The van der Waals surface area contributed by atoms with Crippen molar-refractivity contribution in [3.05, 3.63) is 18.3 Å². The van der Waals surface area contributed by atoms with Crippen LogP contribution < -0.4 is 16.4 Å². The molecular weight excluding hydrogens is 280 g/mol. The fourth-order valence-corrected chi connectivity index (χ4v) is 5.48. The van der Waals surface area contributed by atoms with Gasteiger partial charge in [0, 0.05) is 5.54 Å². The van der Waals surface area contributed by atoms with Crippen molar-refractivity contribution < 1.29 is 0 Å². The van der Waals surface area contributed by atoms with Crippen LogP contribution in [0.3, 0.4) is 0 Å². The van der Waals surface area contributed by atoms with Gasteiger partial charge in [-0.05, 0) is 80.6 Å². The van der Waals surface area contributed by atoms with Crippen molar-refractivity contribution in [2.75, 3.05) is 11.1 Å². The second-order valence-corrected chi connectivity index (χ2v) is 7.66. The Hall–Kier alpha value is -1.36. The summed E-state index contributed by atoms with van der Waals surface area (Å²) in [5, 5.41) is 7.62.